The van der Waals surface area contributed by atoms with Crippen molar-refractivity contribution < 1.29 is 14.2 Å². The Morgan fingerprint density at radius 3 is 2.18 bits per heavy atom. The van der Waals surface area contributed by atoms with Crippen LogP contribution in [0.15, 0.2) is 85.2 Å². The lowest BCUT2D eigenvalue weighted by molar-refractivity contribution is 0.304. The number of hydrogen-bond donors (Lipinski definition) is 1. The predicted octanol–water partition coefficient (Wildman–Crippen LogP) is 5.78. The van der Waals surface area contributed by atoms with E-state index in [0.29, 0.717) is 6.61 Å². The van der Waals surface area contributed by atoms with Crippen LogP contribution in [0.1, 0.15) is 17.5 Å². The van der Waals surface area contributed by atoms with E-state index in [1.165, 1.54) is 5.56 Å². The summed E-state index contributed by atoms with van der Waals surface area (Å²) in [5.41, 5.74) is 4.19. The molecule has 0 fully saturated rings. The number of nitrogens with one attached hydrogen (secondary N) is 1. The molecule has 0 saturated heterocycles. The molecule has 1 heterocycles. The first kappa shape index (κ1) is 23.1. The van der Waals surface area contributed by atoms with E-state index in [2.05, 4.69) is 39.6 Å². The number of rotatable bonds is 11. The Bertz CT molecular complexity index is 1160. The van der Waals surface area contributed by atoms with E-state index in [-0.39, 0.29) is 0 Å². The molecule has 34 heavy (non-hydrogen) atoms. The standard InChI is InChI=1S/C28H29N3O3/c1-32-25-15-22(16-26(17-25)33-2)19-34-24-12-10-23(11-13-24)27-18-28(31-20-30-27)29-14-6-9-21-7-4-3-5-8-21/h3-5,7-8,10-13,15-18,20H,6,9,14,19H2,1-2H3,(H,29,30,31). The summed E-state index contributed by atoms with van der Waals surface area (Å²) in [6.45, 7) is 1.27. The SMILES string of the molecule is COc1cc(COc2ccc(-c3cc(NCCCc4ccccc4)ncn3)cc2)cc(OC)c1. The fourth-order valence-corrected chi connectivity index (χ4v) is 3.60. The summed E-state index contributed by atoms with van der Waals surface area (Å²) < 4.78 is 16.6. The zero-order valence-corrected chi connectivity index (χ0v) is 19.5. The Hall–Kier alpha value is -4.06. The monoisotopic (exact) mass is 455 g/mol. The zero-order chi connectivity index (χ0) is 23.6. The van der Waals surface area contributed by atoms with Crippen LogP contribution in [-0.4, -0.2) is 30.7 Å². The molecular weight excluding hydrogens is 426 g/mol. The molecule has 4 aromatic rings. The first-order valence-corrected chi connectivity index (χ1v) is 11.3. The number of aryl methyl sites for hydroxylation is 1. The summed E-state index contributed by atoms with van der Waals surface area (Å²) in [5, 5.41) is 3.40. The van der Waals surface area contributed by atoms with Crippen molar-refractivity contribution in [2.75, 3.05) is 26.1 Å². The van der Waals surface area contributed by atoms with Crippen molar-refractivity contribution in [3.63, 3.8) is 0 Å². The van der Waals surface area contributed by atoms with Gasteiger partial charge in [-0.2, -0.15) is 0 Å². The second kappa shape index (κ2) is 11.7. The maximum atomic E-state index is 5.95. The molecule has 4 rings (SSSR count). The Morgan fingerprint density at radius 1 is 0.735 bits per heavy atom. The van der Waals surface area contributed by atoms with Crippen LogP contribution in [-0.2, 0) is 13.0 Å². The van der Waals surface area contributed by atoms with Gasteiger partial charge in [0.05, 0.1) is 19.9 Å². The van der Waals surface area contributed by atoms with Gasteiger partial charge in [0.25, 0.3) is 0 Å². The van der Waals surface area contributed by atoms with Gasteiger partial charge in [-0.15, -0.1) is 0 Å². The van der Waals surface area contributed by atoms with Gasteiger partial charge in [-0.25, -0.2) is 9.97 Å². The van der Waals surface area contributed by atoms with Crippen LogP contribution < -0.4 is 19.5 Å². The molecule has 0 unspecified atom stereocenters. The van der Waals surface area contributed by atoms with Crippen LogP contribution in [0.5, 0.6) is 17.2 Å². The van der Waals surface area contributed by atoms with Gasteiger partial charge >= 0.3 is 0 Å². The summed E-state index contributed by atoms with van der Waals surface area (Å²) in [6, 6.07) is 26.1. The molecule has 1 aromatic heterocycles. The lowest BCUT2D eigenvalue weighted by Gasteiger charge is -2.11. The molecule has 1 N–H and O–H groups in total. The van der Waals surface area contributed by atoms with E-state index < -0.39 is 0 Å². The number of nitrogens with zero attached hydrogens (tertiary/aromatic N) is 2. The van der Waals surface area contributed by atoms with E-state index >= 15 is 0 Å². The highest BCUT2D eigenvalue weighted by atomic mass is 16.5. The average molecular weight is 456 g/mol. The topological polar surface area (TPSA) is 65.5 Å². The van der Waals surface area contributed by atoms with E-state index in [9.17, 15) is 0 Å². The molecule has 0 bridgehead atoms. The third-order valence-electron chi connectivity index (χ3n) is 5.43. The number of anilines is 1. The third-order valence-corrected chi connectivity index (χ3v) is 5.43. The van der Waals surface area contributed by atoms with Crippen molar-refractivity contribution in [3.05, 3.63) is 96.3 Å². The quantitative estimate of drug-likeness (QED) is 0.289. The lowest BCUT2D eigenvalue weighted by Crippen LogP contribution is -2.05. The largest absolute Gasteiger partial charge is 0.497 e. The van der Waals surface area contributed by atoms with Crippen molar-refractivity contribution in [2.45, 2.75) is 19.4 Å². The van der Waals surface area contributed by atoms with Crippen LogP contribution >= 0.6 is 0 Å². The second-order valence-corrected chi connectivity index (χ2v) is 7.84. The van der Waals surface area contributed by atoms with Crippen molar-refractivity contribution in [1.29, 1.82) is 0 Å². The van der Waals surface area contributed by atoms with E-state index in [1.807, 2.05) is 54.6 Å². The first-order valence-electron chi connectivity index (χ1n) is 11.3. The van der Waals surface area contributed by atoms with Gasteiger partial charge in [-0.05, 0) is 60.4 Å². The van der Waals surface area contributed by atoms with Crippen molar-refractivity contribution in [2.24, 2.45) is 0 Å². The highest BCUT2D eigenvalue weighted by Gasteiger charge is 2.05. The molecule has 6 nitrogen and oxygen atoms in total. The summed E-state index contributed by atoms with van der Waals surface area (Å²) in [7, 11) is 3.27. The Balaban J connectivity index is 1.32. The van der Waals surface area contributed by atoms with Gasteiger partial charge < -0.3 is 19.5 Å². The number of methoxy groups -OCH3 is 2. The fraction of sp³-hybridized carbons (Fsp3) is 0.214. The van der Waals surface area contributed by atoms with Crippen LogP contribution in [0, 0.1) is 0 Å². The molecule has 0 radical (unpaired) electrons. The number of ether oxygens (including phenoxy) is 3. The Kier molecular flexibility index (Phi) is 7.95. The minimum absolute atomic E-state index is 0.414. The van der Waals surface area contributed by atoms with Gasteiger partial charge in [-0.1, -0.05) is 30.3 Å². The van der Waals surface area contributed by atoms with Crippen LogP contribution in [0.3, 0.4) is 0 Å². The minimum atomic E-state index is 0.414. The van der Waals surface area contributed by atoms with Gasteiger partial charge in [-0.3, -0.25) is 0 Å². The van der Waals surface area contributed by atoms with Gasteiger partial charge in [0.1, 0.15) is 36.0 Å². The van der Waals surface area contributed by atoms with Gasteiger partial charge in [0, 0.05) is 24.2 Å². The smallest absolute Gasteiger partial charge is 0.129 e. The minimum Gasteiger partial charge on any atom is -0.497 e. The van der Waals surface area contributed by atoms with Crippen molar-refractivity contribution in [3.8, 4) is 28.5 Å². The summed E-state index contributed by atoms with van der Waals surface area (Å²) in [5.74, 6) is 3.08. The van der Waals surface area contributed by atoms with E-state index in [0.717, 1.165) is 59.3 Å². The first-order chi connectivity index (χ1) is 16.7. The molecule has 6 heteroatoms. The van der Waals surface area contributed by atoms with E-state index in [1.54, 1.807) is 20.5 Å². The summed E-state index contributed by atoms with van der Waals surface area (Å²) in [6.07, 6.45) is 3.67. The second-order valence-electron chi connectivity index (χ2n) is 7.84. The summed E-state index contributed by atoms with van der Waals surface area (Å²) in [4.78, 5) is 8.78. The number of aromatic nitrogens is 2. The number of benzene rings is 3. The maximum Gasteiger partial charge on any atom is 0.129 e. The van der Waals surface area contributed by atoms with Crippen molar-refractivity contribution >= 4 is 5.82 Å². The number of hydrogen-bond acceptors (Lipinski definition) is 6. The zero-order valence-electron chi connectivity index (χ0n) is 19.5. The molecule has 0 aliphatic rings. The molecule has 0 saturated carbocycles. The van der Waals surface area contributed by atoms with Crippen molar-refractivity contribution in [1.82, 2.24) is 9.97 Å². The average Bonchev–Trinajstić information content (AvgIpc) is 2.91. The Morgan fingerprint density at radius 2 is 1.47 bits per heavy atom. The maximum absolute atomic E-state index is 5.95. The lowest BCUT2D eigenvalue weighted by atomic mass is 10.1. The van der Waals surface area contributed by atoms with Gasteiger partial charge in [0.2, 0.25) is 0 Å². The predicted molar refractivity (Wildman–Crippen MR) is 135 cm³/mol. The molecular formula is C28H29N3O3. The highest BCUT2D eigenvalue weighted by molar-refractivity contribution is 5.62. The normalized spacial score (nSPS) is 10.5. The molecule has 0 aliphatic carbocycles. The Labute approximate surface area is 200 Å². The molecule has 0 atom stereocenters. The molecule has 0 aliphatic heterocycles. The summed E-state index contributed by atoms with van der Waals surface area (Å²) >= 11 is 0. The molecule has 174 valence electrons. The molecule has 0 amide bonds. The highest BCUT2D eigenvalue weighted by Crippen LogP contribution is 2.25. The third kappa shape index (κ3) is 6.48. The van der Waals surface area contributed by atoms with E-state index in [4.69, 9.17) is 14.2 Å². The van der Waals surface area contributed by atoms with Crippen LogP contribution in [0.2, 0.25) is 0 Å². The molecule has 3 aromatic carbocycles. The van der Waals surface area contributed by atoms with Crippen LogP contribution in [0.4, 0.5) is 5.82 Å². The van der Waals surface area contributed by atoms with Gasteiger partial charge in [0.15, 0.2) is 0 Å². The molecule has 0 spiro atoms. The van der Waals surface area contributed by atoms with Crippen LogP contribution in [0.25, 0.3) is 11.3 Å². The fourth-order valence-electron chi connectivity index (χ4n) is 3.60.